The number of rotatable bonds is 8. The van der Waals surface area contributed by atoms with Gasteiger partial charge in [0.1, 0.15) is 5.69 Å². The number of benzene rings is 1. The number of pyridine rings is 1. The Morgan fingerprint density at radius 1 is 0.933 bits per heavy atom. The fourth-order valence-corrected chi connectivity index (χ4v) is 6.63. The largest absolute Gasteiger partial charge is 0.381 e. The Kier molecular flexibility index (Phi) is 8.46. The van der Waals surface area contributed by atoms with Gasteiger partial charge in [-0.3, -0.25) is 9.69 Å². The highest BCUT2D eigenvalue weighted by Gasteiger charge is 2.27. The van der Waals surface area contributed by atoms with E-state index < -0.39 is 5.91 Å². The summed E-state index contributed by atoms with van der Waals surface area (Å²) in [7, 11) is 2.21. The number of aromatic nitrogens is 5. The van der Waals surface area contributed by atoms with E-state index in [0.717, 1.165) is 50.3 Å². The summed E-state index contributed by atoms with van der Waals surface area (Å²) in [5.74, 6) is 0.187. The van der Waals surface area contributed by atoms with Crippen LogP contribution in [-0.4, -0.2) is 112 Å². The van der Waals surface area contributed by atoms with E-state index in [1.807, 2.05) is 18.2 Å². The molecule has 0 radical (unpaired) electrons. The molecule has 7 rings (SSSR count). The highest BCUT2D eigenvalue weighted by molar-refractivity contribution is 5.99. The van der Waals surface area contributed by atoms with Crippen LogP contribution in [0, 0.1) is 0 Å². The lowest BCUT2D eigenvalue weighted by Gasteiger charge is -2.42. The van der Waals surface area contributed by atoms with Gasteiger partial charge in [-0.05, 0) is 63.1 Å². The average molecular weight is 612 g/mol. The lowest BCUT2D eigenvalue weighted by Crippen LogP contribution is -2.52. The van der Waals surface area contributed by atoms with Crippen LogP contribution in [-0.2, 0) is 4.74 Å². The lowest BCUT2D eigenvalue weighted by molar-refractivity contribution is 0.0904. The molecule has 236 valence electrons. The maximum absolute atomic E-state index is 12.7. The smallest absolute Gasteiger partial charge is 0.271 e. The Labute approximate surface area is 262 Å². The fraction of sp³-hybridized carbons (Fsp3) is 0.469. The molecule has 0 saturated carbocycles. The number of ether oxygens (including phenoxy) is 1. The van der Waals surface area contributed by atoms with Crippen LogP contribution in [0.3, 0.4) is 0 Å². The zero-order valence-electron chi connectivity index (χ0n) is 25.7. The van der Waals surface area contributed by atoms with E-state index in [4.69, 9.17) is 20.4 Å². The number of H-pyrrole nitrogens is 1. The van der Waals surface area contributed by atoms with Gasteiger partial charge in [0.05, 0.1) is 11.8 Å². The third kappa shape index (κ3) is 6.42. The first kappa shape index (κ1) is 29.4. The van der Waals surface area contributed by atoms with Gasteiger partial charge in [-0.1, -0.05) is 0 Å². The molecule has 13 heteroatoms. The molecule has 3 aliphatic heterocycles. The molecule has 0 spiro atoms. The molecule has 5 N–H and O–H groups in total. The van der Waals surface area contributed by atoms with Crippen molar-refractivity contribution in [1.82, 2.24) is 34.7 Å². The zero-order chi connectivity index (χ0) is 30.8. The van der Waals surface area contributed by atoms with Gasteiger partial charge in [-0.2, -0.15) is 0 Å². The van der Waals surface area contributed by atoms with Crippen LogP contribution in [0.2, 0.25) is 0 Å². The van der Waals surface area contributed by atoms with Crippen molar-refractivity contribution in [2.75, 3.05) is 75.1 Å². The molecule has 13 nitrogen and oxygen atoms in total. The van der Waals surface area contributed by atoms with Crippen LogP contribution in [0.4, 0.5) is 23.0 Å². The molecular formula is C32H41N11O2. The molecule has 0 aliphatic carbocycles. The average Bonchev–Trinajstić information content (AvgIpc) is 3.56. The van der Waals surface area contributed by atoms with Crippen molar-refractivity contribution in [2.24, 2.45) is 5.73 Å². The van der Waals surface area contributed by atoms with Gasteiger partial charge in [-0.25, -0.2) is 19.9 Å². The highest BCUT2D eigenvalue weighted by atomic mass is 16.5. The predicted molar refractivity (Wildman–Crippen MR) is 175 cm³/mol. The number of piperazine rings is 1. The Bertz CT molecular complexity index is 1620. The summed E-state index contributed by atoms with van der Waals surface area (Å²) in [6, 6.07) is 10.9. The number of hydrogen-bond donors (Lipinski definition) is 4. The van der Waals surface area contributed by atoms with Gasteiger partial charge in [0, 0.05) is 87.7 Å². The van der Waals surface area contributed by atoms with Gasteiger partial charge >= 0.3 is 0 Å². The normalized spacial score (nSPS) is 19.2. The third-order valence-electron chi connectivity index (χ3n) is 9.29. The number of amides is 1. The van der Waals surface area contributed by atoms with E-state index in [1.54, 1.807) is 12.5 Å². The Morgan fingerprint density at radius 3 is 2.42 bits per heavy atom. The number of hydrogen-bond acceptors (Lipinski definition) is 11. The topological polar surface area (TPSA) is 153 Å². The van der Waals surface area contributed by atoms with Crippen LogP contribution in [0.5, 0.6) is 0 Å². The predicted octanol–water partition coefficient (Wildman–Crippen LogP) is 3.06. The number of likely N-dealkylation sites (N-methyl/N-ethyl adjacent to an activating group) is 1. The van der Waals surface area contributed by atoms with Crippen molar-refractivity contribution < 1.29 is 9.53 Å². The number of primary amides is 1. The molecule has 3 aromatic heterocycles. The van der Waals surface area contributed by atoms with Crippen molar-refractivity contribution in [3.05, 3.63) is 48.5 Å². The second kappa shape index (κ2) is 13.0. The minimum absolute atomic E-state index is 0.0575. The maximum Gasteiger partial charge on any atom is 0.271 e. The maximum atomic E-state index is 12.7. The number of nitrogens with one attached hydrogen (secondary N) is 3. The molecule has 3 fully saturated rings. The van der Waals surface area contributed by atoms with E-state index in [2.05, 4.69) is 59.5 Å². The number of piperidine rings is 1. The van der Waals surface area contributed by atoms with E-state index in [1.165, 1.54) is 31.6 Å². The summed E-state index contributed by atoms with van der Waals surface area (Å²) in [6.45, 7) is 8.08. The molecular weight excluding hydrogens is 570 g/mol. The number of aromatic amines is 1. The number of nitrogens with two attached hydrogens (primary N) is 1. The van der Waals surface area contributed by atoms with Crippen molar-refractivity contribution in [2.45, 2.75) is 37.8 Å². The van der Waals surface area contributed by atoms with Crippen molar-refractivity contribution in [3.8, 4) is 11.3 Å². The van der Waals surface area contributed by atoms with Crippen LogP contribution in [0.1, 0.15) is 36.2 Å². The molecule has 4 aromatic rings. The Morgan fingerprint density at radius 2 is 1.69 bits per heavy atom. The lowest BCUT2D eigenvalue weighted by atomic mass is 10.0. The minimum Gasteiger partial charge on any atom is -0.381 e. The van der Waals surface area contributed by atoms with Gasteiger partial charge in [0.15, 0.2) is 23.0 Å². The monoisotopic (exact) mass is 611 g/mol. The van der Waals surface area contributed by atoms with Crippen LogP contribution in [0.15, 0.2) is 42.9 Å². The van der Waals surface area contributed by atoms with Crippen molar-refractivity contribution >= 4 is 40.1 Å². The molecule has 45 heavy (non-hydrogen) atoms. The van der Waals surface area contributed by atoms with Crippen molar-refractivity contribution in [1.29, 1.82) is 0 Å². The number of imidazole rings is 1. The molecule has 3 aliphatic rings. The first-order valence-electron chi connectivity index (χ1n) is 15.9. The zero-order valence-corrected chi connectivity index (χ0v) is 25.7. The molecule has 1 aromatic carbocycles. The Balaban J connectivity index is 1.12. The third-order valence-corrected chi connectivity index (χ3v) is 9.29. The first-order chi connectivity index (χ1) is 22.0. The molecule has 1 amide bonds. The second-order valence-corrected chi connectivity index (χ2v) is 12.2. The van der Waals surface area contributed by atoms with E-state index in [0.29, 0.717) is 47.7 Å². The van der Waals surface area contributed by atoms with Gasteiger partial charge < -0.3 is 35.9 Å². The molecule has 0 atom stereocenters. The minimum atomic E-state index is -0.668. The fourth-order valence-electron chi connectivity index (χ4n) is 6.63. The standard InChI is InChI=1S/C32H41N11O2/c1-41-14-16-43(17-15-41)24-7-12-42(13-8-24)23-4-2-21(3-5-23)37-32-28(29(33)44)39-27(25-6-11-34-30-26(25)35-20-36-30)31(40-32)38-22-9-18-45-19-10-22/h2-6,11,20,22,24H,7-10,12-19H2,1H3,(H2,33,44)(H,34,35,36)(H2,37,38,40). The van der Waals surface area contributed by atoms with Gasteiger partial charge in [0.25, 0.3) is 5.91 Å². The molecule has 0 unspecified atom stereocenters. The highest BCUT2D eigenvalue weighted by Crippen LogP contribution is 2.34. The van der Waals surface area contributed by atoms with E-state index >= 15 is 0 Å². The number of nitrogens with zero attached hydrogens (tertiary/aromatic N) is 7. The quantitative estimate of drug-likeness (QED) is 0.232. The van der Waals surface area contributed by atoms with E-state index in [9.17, 15) is 4.79 Å². The number of carbonyl (C=O) groups excluding carboxylic acids is 1. The molecule has 6 heterocycles. The van der Waals surface area contributed by atoms with Crippen LogP contribution < -0.4 is 21.3 Å². The van der Waals surface area contributed by atoms with Gasteiger partial charge in [0.2, 0.25) is 0 Å². The summed E-state index contributed by atoms with van der Waals surface area (Å²) < 4.78 is 5.56. The number of anilines is 4. The second-order valence-electron chi connectivity index (χ2n) is 12.2. The molecule has 0 bridgehead atoms. The molecule has 3 saturated heterocycles. The summed E-state index contributed by atoms with van der Waals surface area (Å²) in [5, 5.41) is 6.89. The number of fused-ring (bicyclic) bond motifs is 1. The summed E-state index contributed by atoms with van der Waals surface area (Å²) >= 11 is 0. The van der Waals surface area contributed by atoms with Crippen LogP contribution in [0.25, 0.3) is 22.4 Å². The van der Waals surface area contributed by atoms with Crippen molar-refractivity contribution in [3.63, 3.8) is 0 Å². The first-order valence-corrected chi connectivity index (χ1v) is 15.9. The SMILES string of the molecule is CN1CCN(C2CCN(c3ccc(Nc4nc(NC5CCOCC5)c(-c5ccnc6nc[nH]c56)nc4C(N)=O)cc3)CC2)CC1. The van der Waals surface area contributed by atoms with E-state index in [-0.39, 0.29) is 11.7 Å². The Hall–Kier alpha value is -4.33. The summed E-state index contributed by atoms with van der Waals surface area (Å²) in [6.07, 6.45) is 7.30. The van der Waals surface area contributed by atoms with Crippen LogP contribution >= 0.6 is 0 Å². The summed E-state index contributed by atoms with van der Waals surface area (Å²) in [5.41, 5.74) is 10.4. The summed E-state index contributed by atoms with van der Waals surface area (Å²) in [4.78, 5) is 41.7. The van der Waals surface area contributed by atoms with Gasteiger partial charge in [-0.15, -0.1) is 0 Å². The number of carbonyl (C=O) groups is 1.